The molecule has 3 nitrogen and oxygen atoms in total. The Hall–Kier alpha value is -1.90. The molecule has 0 saturated heterocycles. The zero-order valence-electron chi connectivity index (χ0n) is 22.4. The quantitative estimate of drug-likeness (QED) is 0.0693. The van der Waals surface area contributed by atoms with Gasteiger partial charge in [0.15, 0.2) is 0 Å². The largest absolute Gasteiger partial charge is 0.481 e. The number of aldehydes is 1. The molecule has 0 aromatic rings. The molecule has 0 aromatic heterocycles. The van der Waals surface area contributed by atoms with Crippen molar-refractivity contribution in [2.24, 2.45) is 0 Å². The van der Waals surface area contributed by atoms with Crippen LogP contribution >= 0.6 is 0 Å². The highest BCUT2D eigenvalue weighted by molar-refractivity contribution is 5.66. The van der Waals surface area contributed by atoms with Gasteiger partial charge in [0, 0.05) is 12.8 Å². The number of carboxylic acids is 1. The van der Waals surface area contributed by atoms with Gasteiger partial charge in [0.25, 0.3) is 0 Å². The van der Waals surface area contributed by atoms with Crippen LogP contribution in [-0.4, -0.2) is 17.4 Å². The molecule has 0 fully saturated rings. The highest BCUT2D eigenvalue weighted by Gasteiger charge is 1.96. The molecule has 34 heavy (non-hydrogen) atoms. The maximum Gasteiger partial charge on any atom is 0.303 e. The minimum atomic E-state index is -0.665. The molecule has 1 N–H and O–H groups in total. The third-order valence-electron chi connectivity index (χ3n) is 5.38. The van der Waals surface area contributed by atoms with Crippen LogP contribution in [0.25, 0.3) is 0 Å². The fourth-order valence-electron chi connectivity index (χ4n) is 3.29. The number of rotatable bonds is 23. The van der Waals surface area contributed by atoms with Gasteiger partial charge in [-0.3, -0.25) is 4.79 Å². The summed E-state index contributed by atoms with van der Waals surface area (Å²) in [5.41, 5.74) is 0. The van der Waals surface area contributed by atoms with Crippen molar-refractivity contribution in [3.63, 3.8) is 0 Å². The molecule has 0 unspecified atom stereocenters. The fourth-order valence-corrected chi connectivity index (χ4v) is 3.29. The van der Waals surface area contributed by atoms with Crippen molar-refractivity contribution in [1.29, 1.82) is 0 Å². The summed E-state index contributed by atoms with van der Waals surface area (Å²) in [6.07, 6.45) is 39.6. The normalized spacial score (nSPS) is 11.6. The molecule has 3 heteroatoms. The second kappa shape index (κ2) is 33.3. The van der Waals surface area contributed by atoms with Crippen LogP contribution in [0.3, 0.4) is 0 Å². The van der Waals surface area contributed by atoms with Crippen LogP contribution in [0.5, 0.6) is 0 Å². The number of aliphatic carboxylic acids is 1. The SMILES string of the molecule is CC/C=C/C=C\CC/C=C\CCCCCC=O.CCCC/C=C/CCCCCCCCC(=O)O. The number of allylic oxidation sites excluding steroid dienone is 8. The van der Waals surface area contributed by atoms with Gasteiger partial charge in [0.05, 0.1) is 0 Å². The summed E-state index contributed by atoms with van der Waals surface area (Å²) in [7, 11) is 0. The van der Waals surface area contributed by atoms with E-state index in [1.807, 2.05) is 0 Å². The highest BCUT2D eigenvalue weighted by Crippen LogP contribution is 2.09. The molecule has 0 heterocycles. The molecule has 0 atom stereocenters. The lowest BCUT2D eigenvalue weighted by atomic mass is 10.1. The molecule has 0 radical (unpaired) electrons. The number of unbranched alkanes of at least 4 members (excludes halogenated alkanes) is 13. The molecule has 0 spiro atoms. The zero-order valence-corrected chi connectivity index (χ0v) is 22.4. The van der Waals surface area contributed by atoms with E-state index >= 15 is 0 Å². The molecule has 0 bridgehead atoms. The number of carbonyl (C=O) groups is 2. The lowest BCUT2D eigenvalue weighted by Gasteiger charge is -1.99. The molecule has 0 amide bonds. The number of carbonyl (C=O) groups excluding carboxylic acids is 1. The first-order valence-corrected chi connectivity index (χ1v) is 14.0. The predicted octanol–water partition coefficient (Wildman–Crippen LogP) is 9.93. The van der Waals surface area contributed by atoms with Crippen molar-refractivity contribution in [2.75, 3.05) is 0 Å². The lowest BCUT2D eigenvalue weighted by Crippen LogP contribution is -1.93. The first-order valence-electron chi connectivity index (χ1n) is 14.0. The third-order valence-corrected chi connectivity index (χ3v) is 5.38. The van der Waals surface area contributed by atoms with E-state index in [0.29, 0.717) is 6.42 Å². The molecule has 0 rings (SSSR count). The van der Waals surface area contributed by atoms with Crippen LogP contribution < -0.4 is 0 Å². The van der Waals surface area contributed by atoms with E-state index < -0.39 is 5.97 Å². The number of carboxylic acid groups (broad SMARTS) is 1. The minimum absolute atomic E-state index is 0.333. The molecule has 0 aliphatic carbocycles. The molecular formula is C31H54O3. The average Bonchev–Trinajstić information content (AvgIpc) is 2.83. The van der Waals surface area contributed by atoms with Crippen LogP contribution in [0.4, 0.5) is 0 Å². The van der Waals surface area contributed by atoms with Crippen molar-refractivity contribution in [1.82, 2.24) is 0 Å². The minimum Gasteiger partial charge on any atom is -0.481 e. The molecule has 196 valence electrons. The Morgan fingerprint density at radius 2 is 1.03 bits per heavy atom. The summed E-state index contributed by atoms with van der Waals surface area (Å²) < 4.78 is 0. The number of hydrogen-bond donors (Lipinski definition) is 1. The Kier molecular flexibility index (Phi) is 33.5. The van der Waals surface area contributed by atoms with E-state index in [2.05, 4.69) is 62.5 Å². The number of hydrogen-bond acceptors (Lipinski definition) is 2. The predicted molar refractivity (Wildman–Crippen MR) is 149 cm³/mol. The van der Waals surface area contributed by atoms with Crippen molar-refractivity contribution >= 4 is 12.3 Å². The van der Waals surface area contributed by atoms with Crippen LogP contribution in [0, 0.1) is 0 Å². The van der Waals surface area contributed by atoms with Crippen LogP contribution in [0.2, 0.25) is 0 Å². The summed E-state index contributed by atoms with van der Waals surface area (Å²) in [6.45, 7) is 4.36. The smallest absolute Gasteiger partial charge is 0.303 e. The molecular weight excluding hydrogens is 420 g/mol. The molecule has 0 saturated carbocycles. The molecule has 0 aliphatic rings. The van der Waals surface area contributed by atoms with Gasteiger partial charge in [-0.15, -0.1) is 0 Å². The van der Waals surface area contributed by atoms with Crippen molar-refractivity contribution < 1.29 is 14.7 Å². The Morgan fingerprint density at radius 1 is 0.559 bits per heavy atom. The van der Waals surface area contributed by atoms with Gasteiger partial charge in [-0.05, 0) is 64.2 Å². The monoisotopic (exact) mass is 474 g/mol. The van der Waals surface area contributed by atoms with Crippen molar-refractivity contribution in [3.05, 3.63) is 48.6 Å². The van der Waals surface area contributed by atoms with Gasteiger partial charge >= 0.3 is 5.97 Å². The van der Waals surface area contributed by atoms with E-state index in [9.17, 15) is 9.59 Å². The maximum atomic E-state index is 10.3. The topological polar surface area (TPSA) is 54.4 Å². The second-order valence-corrected chi connectivity index (χ2v) is 8.79. The summed E-state index contributed by atoms with van der Waals surface area (Å²) in [5.74, 6) is -0.665. The van der Waals surface area contributed by atoms with Gasteiger partial charge in [0.1, 0.15) is 6.29 Å². The van der Waals surface area contributed by atoms with E-state index in [0.717, 1.165) is 57.7 Å². The summed E-state index contributed by atoms with van der Waals surface area (Å²) in [4.78, 5) is 20.4. The van der Waals surface area contributed by atoms with Crippen LogP contribution in [0.1, 0.15) is 136 Å². The van der Waals surface area contributed by atoms with Crippen LogP contribution in [-0.2, 0) is 9.59 Å². The Balaban J connectivity index is 0. The van der Waals surface area contributed by atoms with Crippen LogP contribution in [0.15, 0.2) is 48.6 Å². The third kappa shape index (κ3) is 37.4. The average molecular weight is 475 g/mol. The fraction of sp³-hybridized carbons (Fsp3) is 0.677. The first-order chi connectivity index (χ1) is 16.7. The zero-order chi connectivity index (χ0) is 25.4. The van der Waals surface area contributed by atoms with Gasteiger partial charge in [-0.25, -0.2) is 0 Å². The Labute approximate surface area is 211 Å². The van der Waals surface area contributed by atoms with Gasteiger partial charge in [-0.1, -0.05) is 107 Å². The molecule has 0 aromatic carbocycles. The second-order valence-electron chi connectivity index (χ2n) is 8.79. The van der Waals surface area contributed by atoms with E-state index in [1.54, 1.807) is 0 Å². The van der Waals surface area contributed by atoms with E-state index in [4.69, 9.17) is 5.11 Å². The van der Waals surface area contributed by atoms with Gasteiger partial charge < -0.3 is 9.90 Å². The van der Waals surface area contributed by atoms with E-state index in [-0.39, 0.29) is 0 Å². The van der Waals surface area contributed by atoms with Crippen molar-refractivity contribution in [3.8, 4) is 0 Å². The highest BCUT2D eigenvalue weighted by atomic mass is 16.4. The van der Waals surface area contributed by atoms with Gasteiger partial charge in [-0.2, -0.15) is 0 Å². The Bertz CT molecular complexity index is 529. The maximum absolute atomic E-state index is 10.3. The standard InChI is InChI=1S/C16H26O.C15H28O2/c1-2-3-4-5-6-7-8-9-10-11-12-13-14-15-16-17;1-2-3-4-5-6-7-8-9-10-11-12-13-14-15(16)17/h3-6,9-10,16H,2,7-8,11-15H2,1H3;5-6H,2-4,7-14H2,1H3,(H,16,17)/b4-3+,6-5-,10-9-;6-5+. The summed E-state index contributed by atoms with van der Waals surface area (Å²) >= 11 is 0. The lowest BCUT2D eigenvalue weighted by molar-refractivity contribution is -0.137. The first kappa shape index (κ1) is 34.3. The van der Waals surface area contributed by atoms with E-state index in [1.165, 1.54) is 64.2 Å². The molecule has 0 aliphatic heterocycles. The van der Waals surface area contributed by atoms with Gasteiger partial charge in [0.2, 0.25) is 0 Å². The summed E-state index contributed by atoms with van der Waals surface area (Å²) in [6, 6.07) is 0. The summed E-state index contributed by atoms with van der Waals surface area (Å²) in [5, 5.41) is 8.47. The Morgan fingerprint density at radius 3 is 1.62 bits per heavy atom. The van der Waals surface area contributed by atoms with Crippen molar-refractivity contribution in [2.45, 2.75) is 136 Å².